The highest BCUT2D eigenvalue weighted by molar-refractivity contribution is 7.92. The van der Waals surface area contributed by atoms with E-state index in [4.69, 9.17) is 0 Å². The van der Waals surface area contributed by atoms with Gasteiger partial charge < -0.3 is 10.6 Å². The van der Waals surface area contributed by atoms with E-state index in [1.807, 2.05) is 0 Å². The predicted octanol–water partition coefficient (Wildman–Crippen LogP) is 3.30. The van der Waals surface area contributed by atoms with E-state index in [1.54, 1.807) is 11.4 Å². The van der Waals surface area contributed by atoms with Gasteiger partial charge in [-0.3, -0.25) is 14.3 Å². The van der Waals surface area contributed by atoms with E-state index in [0.29, 0.717) is 10.6 Å². The minimum Gasteiger partial charge on any atom is -0.355 e. The van der Waals surface area contributed by atoms with Crippen LogP contribution in [0.4, 0.5) is 15.1 Å². The normalized spacial score (nSPS) is 11.0. The van der Waals surface area contributed by atoms with Crippen LogP contribution in [-0.4, -0.2) is 27.3 Å². The van der Waals surface area contributed by atoms with Crippen molar-refractivity contribution in [3.05, 3.63) is 76.9 Å². The Bertz CT molecular complexity index is 1160. The molecule has 0 saturated heterocycles. The third-order valence-corrected chi connectivity index (χ3v) is 6.09. The molecule has 3 rings (SSSR count). The van der Waals surface area contributed by atoms with Crippen molar-refractivity contribution in [1.29, 1.82) is 0 Å². The van der Waals surface area contributed by atoms with Gasteiger partial charge in [-0.2, -0.15) is 0 Å². The van der Waals surface area contributed by atoms with Crippen LogP contribution in [0.2, 0.25) is 0 Å². The lowest BCUT2D eigenvalue weighted by molar-refractivity contribution is 0.0964. The van der Waals surface area contributed by atoms with Gasteiger partial charge in [0.05, 0.1) is 10.5 Å². The van der Waals surface area contributed by atoms with Gasteiger partial charge in [-0.15, -0.1) is 11.3 Å². The molecule has 0 saturated carbocycles. The summed E-state index contributed by atoms with van der Waals surface area (Å²) in [7, 11) is -2.45. The highest BCUT2D eigenvalue weighted by atomic mass is 32.2. The van der Waals surface area contributed by atoms with Gasteiger partial charge in [0, 0.05) is 18.3 Å². The fourth-order valence-electron chi connectivity index (χ4n) is 2.45. The summed E-state index contributed by atoms with van der Waals surface area (Å²) in [6.45, 7) is 0. The zero-order valence-corrected chi connectivity index (χ0v) is 16.7. The zero-order chi connectivity index (χ0) is 21.0. The van der Waals surface area contributed by atoms with Gasteiger partial charge in [0.15, 0.2) is 0 Å². The molecule has 0 fully saturated rings. The lowest BCUT2D eigenvalue weighted by Gasteiger charge is -2.10. The van der Waals surface area contributed by atoms with Crippen molar-refractivity contribution in [2.45, 2.75) is 4.90 Å². The van der Waals surface area contributed by atoms with E-state index < -0.39 is 21.7 Å². The van der Waals surface area contributed by atoms with Crippen molar-refractivity contribution in [2.75, 3.05) is 17.1 Å². The number of hydrogen-bond acceptors (Lipinski definition) is 5. The summed E-state index contributed by atoms with van der Waals surface area (Å²) in [6.07, 6.45) is 0. The highest BCUT2D eigenvalue weighted by Gasteiger charge is 2.17. The first-order valence-electron chi connectivity index (χ1n) is 8.29. The van der Waals surface area contributed by atoms with Crippen LogP contribution in [0.5, 0.6) is 0 Å². The molecule has 1 aromatic heterocycles. The third-order valence-electron chi connectivity index (χ3n) is 3.86. The summed E-state index contributed by atoms with van der Waals surface area (Å²) in [5, 5.41) is 7.20. The van der Waals surface area contributed by atoms with E-state index in [-0.39, 0.29) is 22.1 Å². The fraction of sp³-hybridized carbons (Fsp3) is 0.0526. The van der Waals surface area contributed by atoms with Gasteiger partial charge >= 0.3 is 0 Å². The Hall–Kier alpha value is -3.24. The summed E-state index contributed by atoms with van der Waals surface area (Å²) in [5.41, 5.74) is 0.694. The second-order valence-electron chi connectivity index (χ2n) is 5.84. The Labute approximate surface area is 170 Å². The number of carbonyl (C=O) groups is 2. The SMILES string of the molecule is CNC(=O)c1ccsc1NC(=O)c1cccc(NS(=O)(=O)c2ccc(F)cc2)c1. The fourth-order valence-corrected chi connectivity index (χ4v) is 4.28. The first-order valence-corrected chi connectivity index (χ1v) is 10.7. The Morgan fingerprint density at radius 1 is 1.00 bits per heavy atom. The third kappa shape index (κ3) is 4.79. The summed E-state index contributed by atoms with van der Waals surface area (Å²) in [6, 6.07) is 11.8. The van der Waals surface area contributed by atoms with Gasteiger partial charge in [-0.1, -0.05) is 6.07 Å². The number of thiophene rings is 1. The van der Waals surface area contributed by atoms with Crippen molar-refractivity contribution in [1.82, 2.24) is 5.32 Å². The Kier molecular flexibility index (Phi) is 5.95. The summed E-state index contributed by atoms with van der Waals surface area (Å²) >= 11 is 1.19. The first-order chi connectivity index (χ1) is 13.8. The maximum absolute atomic E-state index is 13.0. The van der Waals surface area contributed by atoms with Gasteiger partial charge in [-0.05, 0) is 53.9 Å². The highest BCUT2D eigenvalue weighted by Crippen LogP contribution is 2.24. The summed E-state index contributed by atoms with van der Waals surface area (Å²) in [5.74, 6) is -1.38. The van der Waals surface area contributed by atoms with Crippen LogP contribution >= 0.6 is 11.3 Å². The number of benzene rings is 2. The van der Waals surface area contributed by atoms with E-state index in [1.165, 1.54) is 42.6 Å². The topological polar surface area (TPSA) is 104 Å². The van der Waals surface area contributed by atoms with Crippen molar-refractivity contribution >= 4 is 43.9 Å². The van der Waals surface area contributed by atoms with Crippen LogP contribution in [-0.2, 0) is 10.0 Å². The monoisotopic (exact) mass is 433 g/mol. The minimum absolute atomic E-state index is 0.109. The van der Waals surface area contributed by atoms with E-state index in [2.05, 4.69) is 15.4 Å². The second-order valence-corrected chi connectivity index (χ2v) is 8.44. The molecule has 3 N–H and O–H groups in total. The summed E-state index contributed by atoms with van der Waals surface area (Å²) < 4.78 is 40.2. The molecular formula is C19H16FN3O4S2. The molecule has 0 spiro atoms. The van der Waals surface area contributed by atoms with Crippen LogP contribution < -0.4 is 15.4 Å². The molecule has 3 aromatic rings. The molecule has 0 unspecified atom stereocenters. The van der Waals surface area contributed by atoms with E-state index >= 15 is 0 Å². The van der Waals surface area contributed by atoms with E-state index in [9.17, 15) is 22.4 Å². The largest absolute Gasteiger partial charge is 0.355 e. The van der Waals surface area contributed by atoms with Crippen LogP contribution in [0.25, 0.3) is 0 Å². The van der Waals surface area contributed by atoms with Gasteiger partial charge in [-0.25, -0.2) is 12.8 Å². The van der Waals surface area contributed by atoms with Crippen LogP contribution in [0, 0.1) is 5.82 Å². The van der Waals surface area contributed by atoms with Crippen molar-refractivity contribution in [3.63, 3.8) is 0 Å². The predicted molar refractivity (Wildman–Crippen MR) is 109 cm³/mol. The van der Waals surface area contributed by atoms with Crippen LogP contribution in [0.3, 0.4) is 0 Å². The molecule has 0 aliphatic carbocycles. The lowest BCUT2D eigenvalue weighted by atomic mass is 10.2. The number of carbonyl (C=O) groups excluding carboxylic acids is 2. The molecule has 150 valence electrons. The molecule has 0 aliphatic rings. The van der Waals surface area contributed by atoms with Gasteiger partial charge in [0.2, 0.25) is 0 Å². The molecule has 0 bridgehead atoms. The van der Waals surface area contributed by atoms with Crippen molar-refractivity contribution in [2.24, 2.45) is 0 Å². The lowest BCUT2D eigenvalue weighted by Crippen LogP contribution is -2.20. The maximum atomic E-state index is 13.0. The Balaban J connectivity index is 1.79. The standard InChI is InChI=1S/C19H16FN3O4S2/c1-21-18(25)16-9-10-28-19(16)22-17(24)12-3-2-4-14(11-12)23-29(26,27)15-7-5-13(20)6-8-15/h2-11,23H,1H3,(H,21,25)(H,22,24). The maximum Gasteiger partial charge on any atom is 0.261 e. The smallest absolute Gasteiger partial charge is 0.261 e. The molecule has 29 heavy (non-hydrogen) atoms. The van der Waals surface area contributed by atoms with Gasteiger partial charge in [0.1, 0.15) is 10.8 Å². The molecule has 0 aliphatic heterocycles. The first kappa shape index (κ1) is 20.5. The number of hydrogen-bond donors (Lipinski definition) is 3. The van der Waals surface area contributed by atoms with Crippen molar-refractivity contribution in [3.8, 4) is 0 Å². The Morgan fingerprint density at radius 3 is 2.41 bits per heavy atom. The molecule has 1 heterocycles. The summed E-state index contributed by atoms with van der Waals surface area (Å²) in [4.78, 5) is 24.3. The Morgan fingerprint density at radius 2 is 1.72 bits per heavy atom. The molecule has 0 radical (unpaired) electrons. The molecule has 2 amide bonds. The molecular weight excluding hydrogens is 417 g/mol. The number of amides is 2. The number of anilines is 2. The molecule has 0 atom stereocenters. The number of halogens is 1. The molecule has 7 nitrogen and oxygen atoms in total. The molecule has 2 aromatic carbocycles. The quantitative estimate of drug-likeness (QED) is 0.555. The number of sulfonamides is 1. The zero-order valence-electron chi connectivity index (χ0n) is 15.1. The van der Waals surface area contributed by atoms with Crippen molar-refractivity contribution < 1.29 is 22.4 Å². The number of nitrogens with one attached hydrogen (secondary N) is 3. The molecule has 10 heteroatoms. The van der Waals surface area contributed by atoms with E-state index in [0.717, 1.165) is 24.3 Å². The minimum atomic E-state index is -3.94. The van der Waals surface area contributed by atoms with Gasteiger partial charge in [0.25, 0.3) is 21.8 Å². The average Bonchev–Trinajstić information content (AvgIpc) is 3.15. The number of rotatable bonds is 6. The second kappa shape index (κ2) is 8.41. The average molecular weight is 433 g/mol. The van der Waals surface area contributed by atoms with Crippen LogP contribution in [0.1, 0.15) is 20.7 Å². The van der Waals surface area contributed by atoms with Crippen LogP contribution in [0.15, 0.2) is 64.9 Å².